The fourth-order valence-electron chi connectivity index (χ4n) is 3.92. The fourth-order valence-corrected chi connectivity index (χ4v) is 3.92. The van der Waals surface area contributed by atoms with E-state index in [0.717, 1.165) is 45.0 Å². The van der Waals surface area contributed by atoms with Crippen LogP contribution in [0.2, 0.25) is 0 Å². The molecular formula is C25H30Cl2N2O. The molecule has 5 heteroatoms. The minimum atomic E-state index is 0. The van der Waals surface area contributed by atoms with E-state index in [0.29, 0.717) is 0 Å². The van der Waals surface area contributed by atoms with Gasteiger partial charge in [0, 0.05) is 44.7 Å². The van der Waals surface area contributed by atoms with Gasteiger partial charge in [0.25, 0.3) is 0 Å². The summed E-state index contributed by atoms with van der Waals surface area (Å²) in [5, 5.41) is 2.50. The average molecular weight is 445 g/mol. The van der Waals surface area contributed by atoms with Crippen molar-refractivity contribution in [1.29, 1.82) is 0 Å². The number of hydrogen-bond acceptors (Lipinski definition) is 3. The summed E-state index contributed by atoms with van der Waals surface area (Å²) in [5.41, 5.74) is 2.65. The van der Waals surface area contributed by atoms with E-state index in [1.165, 1.54) is 21.9 Å². The summed E-state index contributed by atoms with van der Waals surface area (Å²) >= 11 is 0. The van der Waals surface area contributed by atoms with Gasteiger partial charge in [0.15, 0.2) is 0 Å². The van der Waals surface area contributed by atoms with E-state index in [4.69, 9.17) is 4.74 Å². The van der Waals surface area contributed by atoms with Crippen molar-refractivity contribution in [3.05, 3.63) is 83.9 Å². The van der Waals surface area contributed by atoms with Crippen LogP contribution in [0.25, 0.3) is 16.8 Å². The van der Waals surface area contributed by atoms with Crippen LogP contribution >= 0.6 is 24.8 Å². The molecule has 1 aliphatic heterocycles. The highest BCUT2D eigenvalue weighted by atomic mass is 35.5. The van der Waals surface area contributed by atoms with Crippen molar-refractivity contribution >= 4 is 41.7 Å². The number of benzene rings is 3. The number of rotatable bonds is 6. The van der Waals surface area contributed by atoms with Gasteiger partial charge in [-0.15, -0.1) is 24.8 Å². The maximum absolute atomic E-state index is 5.53. The maximum atomic E-state index is 5.53. The van der Waals surface area contributed by atoms with E-state index >= 15 is 0 Å². The van der Waals surface area contributed by atoms with Crippen molar-refractivity contribution in [2.75, 3.05) is 39.8 Å². The van der Waals surface area contributed by atoms with E-state index in [1.807, 2.05) is 0 Å². The summed E-state index contributed by atoms with van der Waals surface area (Å²) in [6.45, 7) is 6.48. The molecule has 0 radical (unpaired) electrons. The first-order chi connectivity index (χ1) is 13.8. The smallest absolute Gasteiger partial charge is 0.126 e. The van der Waals surface area contributed by atoms with Crippen LogP contribution in [0.5, 0.6) is 5.75 Å². The van der Waals surface area contributed by atoms with Crippen molar-refractivity contribution in [3.63, 3.8) is 0 Å². The molecule has 0 N–H and O–H groups in total. The highest BCUT2D eigenvalue weighted by molar-refractivity contribution is 5.91. The van der Waals surface area contributed by atoms with Crippen LogP contribution in [-0.2, 0) is 6.54 Å². The topological polar surface area (TPSA) is 15.7 Å². The molecule has 30 heavy (non-hydrogen) atoms. The average Bonchev–Trinajstić information content (AvgIpc) is 2.76. The molecule has 0 aromatic heterocycles. The van der Waals surface area contributed by atoms with Crippen LogP contribution in [0.1, 0.15) is 11.1 Å². The molecule has 1 aliphatic rings. The van der Waals surface area contributed by atoms with Gasteiger partial charge in [-0.05, 0) is 22.6 Å². The van der Waals surface area contributed by atoms with E-state index in [-0.39, 0.29) is 24.8 Å². The van der Waals surface area contributed by atoms with Crippen molar-refractivity contribution in [1.82, 2.24) is 9.80 Å². The van der Waals surface area contributed by atoms with Gasteiger partial charge in [0.2, 0.25) is 0 Å². The summed E-state index contributed by atoms with van der Waals surface area (Å²) in [4.78, 5) is 5.09. The van der Waals surface area contributed by atoms with Gasteiger partial charge in [0.05, 0.1) is 7.11 Å². The number of fused-ring (bicyclic) bond motifs is 1. The molecule has 1 heterocycles. The normalized spacial score (nSPS) is 15.0. The van der Waals surface area contributed by atoms with Crippen molar-refractivity contribution in [2.45, 2.75) is 6.54 Å². The largest absolute Gasteiger partial charge is 0.496 e. The van der Waals surface area contributed by atoms with E-state index in [9.17, 15) is 0 Å². The minimum absolute atomic E-state index is 0. The second kappa shape index (κ2) is 12.0. The Balaban J connectivity index is 0.00000160. The zero-order valence-electron chi connectivity index (χ0n) is 17.4. The van der Waals surface area contributed by atoms with Gasteiger partial charge in [-0.3, -0.25) is 9.80 Å². The summed E-state index contributed by atoms with van der Waals surface area (Å²) < 4.78 is 5.53. The predicted molar refractivity (Wildman–Crippen MR) is 132 cm³/mol. The van der Waals surface area contributed by atoms with Crippen molar-refractivity contribution < 1.29 is 4.74 Å². The third-order valence-electron chi connectivity index (χ3n) is 5.53. The molecule has 0 bridgehead atoms. The zero-order chi connectivity index (χ0) is 19.2. The summed E-state index contributed by atoms with van der Waals surface area (Å²) in [5.74, 6) is 0.953. The Kier molecular flexibility index (Phi) is 9.67. The Hall–Kier alpha value is -2.04. The molecule has 1 fully saturated rings. The molecule has 0 spiro atoms. The third-order valence-corrected chi connectivity index (χ3v) is 5.53. The van der Waals surface area contributed by atoms with Crippen LogP contribution in [0.4, 0.5) is 0 Å². The van der Waals surface area contributed by atoms with E-state index in [2.05, 4.69) is 88.7 Å². The number of nitrogens with zero attached hydrogens (tertiary/aromatic N) is 2. The summed E-state index contributed by atoms with van der Waals surface area (Å²) in [6.07, 6.45) is 4.50. The zero-order valence-corrected chi connectivity index (χ0v) is 19.0. The van der Waals surface area contributed by atoms with Crippen LogP contribution in [0, 0.1) is 0 Å². The molecule has 160 valence electrons. The Bertz CT molecular complexity index is 938. The number of halogens is 2. The molecule has 0 unspecified atom stereocenters. The monoisotopic (exact) mass is 444 g/mol. The van der Waals surface area contributed by atoms with Crippen molar-refractivity contribution in [2.24, 2.45) is 0 Å². The first kappa shape index (κ1) is 24.2. The van der Waals surface area contributed by atoms with Crippen molar-refractivity contribution in [3.8, 4) is 5.75 Å². The fraction of sp³-hybridized carbons (Fsp3) is 0.280. The molecular weight excluding hydrogens is 415 g/mol. The van der Waals surface area contributed by atoms with Crippen LogP contribution in [0.3, 0.4) is 0 Å². The molecule has 0 saturated carbocycles. The lowest BCUT2D eigenvalue weighted by Crippen LogP contribution is -2.45. The summed E-state index contributed by atoms with van der Waals surface area (Å²) in [7, 11) is 1.74. The molecule has 0 amide bonds. The number of piperazine rings is 1. The third kappa shape index (κ3) is 5.99. The molecule has 0 atom stereocenters. The van der Waals surface area contributed by atoms with Gasteiger partial charge < -0.3 is 4.74 Å². The highest BCUT2D eigenvalue weighted by Crippen LogP contribution is 2.29. The van der Waals surface area contributed by atoms with E-state index < -0.39 is 0 Å². The predicted octanol–water partition coefficient (Wildman–Crippen LogP) is 5.52. The highest BCUT2D eigenvalue weighted by Gasteiger charge is 2.17. The molecule has 4 rings (SSSR count). The van der Waals surface area contributed by atoms with Gasteiger partial charge >= 0.3 is 0 Å². The van der Waals surface area contributed by atoms with Crippen LogP contribution in [0.15, 0.2) is 72.8 Å². The van der Waals surface area contributed by atoms with Crippen LogP contribution in [-0.4, -0.2) is 49.6 Å². The lowest BCUT2D eigenvalue weighted by atomic mass is 10.0. The maximum Gasteiger partial charge on any atom is 0.126 e. The molecule has 0 aliphatic carbocycles. The van der Waals surface area contributed by atoms with Gasteiger partial charge in [-0.2, -0.15) is 0 Å². The Morgan fingerprint density at radius 1 is 0.767 bits per heavy atom. The molecule has 1 saturated heterocycles. The lowest BCUT2D eigenvalue weighted by molar-refractivity contribution is 0.137. The molecule has 3 nitrogen and oxygen atoms in total. The number of methoxy groups -OCH3 is 1. The Labute approximate surface area is 192 Å². The van der Waals surface area contributed by atoms with Crippen LogP contribution < -0.4 is 4.74 Å². The Morgan fingerprint density at radius 3 is 2.10 bits per heavy atom. The number of ether oxygens (including phenoxy) is 1. The quantitative estimate of drug-likeness (QED) is 0.497. The minimum Gasteiger partial charge on any atom is -0.496 e. The van der Waals surface area contributed by atoms with Gasteiger partial charge in [0.1, 0.15) is 5.75 Å². The number of hydrogen-bond donors (Lipinski definition) is 0. The van der Waals surface area contributed by atoms with Gasteiger partial charge in [-0.25, -0.2) is 0 Å². The van der Waals surface area contributed by atoms with Gasteiger partial charge in [-0.1, -0.05) is 72.8 Å². The first-order valence-corrected chi connectivity index (χ1v) is 10.0. The van der Waals surface area contributed by atoms with E-state index in [1.54, 1.807) is 7.11 Å². The lowest BCUT2D eigenvalue weighted by Gasteiger charge is -2.34. The SMILES string of the molecule is COc1ccc(CN2CCN(C/C=C/c3ccccc3)CC2)c2ccccc12.Cl.Cl. The molecule has 3 aromatic carbocycles. The Morgan fingerprint density at radius 2 is 1.40 bits per heavy atom. The standard InChI is InChI=1S/C25H28N2O.2ClH/c1-28-25-14-13-22(23-11-5-6-12-24(23)25)20-27-18-16-26(17-19-27)15-7-10-21-8-3-2-4-9-21;;/h2-14H,15-20H2,1H3;2*1H/b10-7+;;. The second-order valence-corrected chi connectivity index (χ2v) is 7.36. The first-order valence-electron chi connectivity index (χ1n) is 10.0. The second-order valence-electron chi connectivity index (χ2n) is 7.36. The molecule has 3 aromatic rings. The summed E-state index contributed by atoms with van der Waals surface area (Å²) in [6, 6.07) is 23.4.